The van der Waals surface area contributed by atoms with Gasteiger partial charge in [0.2, 0.25) is 5.91 Å². The van der Waals surface area contributed by atoms with Gasteiger partial charge in [0.1, 0.15) is 0 Å². The maximum absolute atomic E-state index is 13.4. The van der Waals surface area contributed by atoms with Gasteiger partial charge in [-0.2, -0.15) is 0 Å². The van der Waals surface area contributed by atoms with Gasteiger partial charge < -0.3 is 5.32 Å². The molecule has 2 bridgehead atoms. The third-order valence-electron chi connectivity index (χ3n) is 7.46. The number of fused-ring (bicyclic) bond motifs is 6. The number of carbonyl (C=O) groups is 1. The van der Waals surface area contributed by atoms with E-state index in [0.717, 1.165) is 35.3 Å². The average molecular weight is 351 g/mol. The van der Waals surface area contributed by atoms with Crippen molar-refractivity contribution in [1.29, 1.82) is 0 Å². The van der Waals surface area contributed by atoms with Crippen LogP contribution in [0.25, 0.3) is 11.0 Å². The minimum atomic E-state index is -0.596. The minimum Gasteiger partial charge on any atom is -0.353 e. The SMILES string of the molecule is Cc1cc2nc3c(nc2cc1C)[C@@]1(C)CC[C@@]3(C(=O)NC(C)C)C1(C)C. The monoisotopic (exact) mass is 351 g/mol. The van der Waals surface area contributed by atoms with Crippen LogP contribution < -0.4 is 5.32 Å². The van der Waals surface area contributed by atoms with Crippen LogP contribution in [0.1, 0.15) is 70.0 Å². The molecule has 1 heterocycles. The molecule has 1 aromatic carbocycles. The Hall–Kier alpha value is -1.97. The normalized spacial score (nSPS) is 28.6. The lowest BCUT2D eigenvalue weighted by atomic mass is 9.63. The van der Waals surface area contributed by atoms with E-state index in [9.17, 15) is 4.79 Å². The summed E-state index contributed by atoms with van der Waals surface area (Å²) in [6, 6.07) is 4.34. The zero-order chi connectivity index (χ0) is 19.1. The Morgan fingerprint density at radius 1 is 1.00 bits per heavy atom. The molecule has 1 fully saturated rings. The summed E-state index contributed by atoms with van der Waals surface area (Å²) in [5.41, 5.74) is 5.27. The van der Waals surface area contributed by atoms with E-state index in [2.05, 4.69) is 52.1 Å². The van der Waals surface area contributed by atoms with Crippen molar-refractivity contribution in [3.63, 3.8) is 0 Å². The number of hydrogen-bond donors (Lipinski definition) is 1. The van der Waals surface area contributed by atoms with Gasteiger partial charge in [-0.25, -0.2) is 9.97 Å². The van der Waals surface area contributed by atoms with Gasteiger partial charge in [0.05, 0.1) is 27.8 Å². The lowest BCUT2D eigenvalue weighted by Gasteiger charge is -2.39. The topological polar surface area (TPSA) is 54.9 Å². The number of aromatic nitrogens is 2. The molecular formula is C22H29N3O. The first kappa shape index (κ1) is 17.4. The average Bonchev–Trinajstić information content (AvgIpc) is 2.83. The van der Waals surface area contributed by atoms with Crippen LogP contribution in [0.5, 0.6) is 0 Å². The number of hydrogen-bond acceptors (Lipinski definition) is 3. The van der Waals surface area contributed by atoms with Crippen molar-refractivity contribution in [3.05, 3.63) is 34.6 Å². The summed E-state index contributed by atoms with van der Waals surface area (Å²) in [7, 11) is 0. The number of amides is 1. The molecule has 0 aliphatic heterocycles. The van der Waals surface area contributed by atoms with E-state index in [4.69, 9.17) is 9.97 Å². The molecule has 2 atom stereocenters. The Morgan fingerprint density at radius 3 is 2.08 bits per heavy atom. The fraction of sp³-hybridized carbons (Fsp3) is 0.591. The summed E-state index contributed by atoms with van der Waals surface area (Å²) in [4.78, 5) is 23.6. The number of aryl methyl sites for hydroxylation is 2. The molecule has 2 aromatic rings. The second kappa shape index (κ2) is 5.05. The number of rotatable bonds is 2. The third kappa shape index (κ3) is 1.83. The molecule has 4 heteroatoms. The summed E-state index contributed by atoms with van der Waals surface area (Å²) in [6.45, 7) is 15.0. The van der Waals surface area contributed by atoms with E-state index < -0.39 is 5.41 Å². The molecule has 26 heavy (non-hydrogen) atoms. The first-order valence-electron chi connectivity index (χ1n) is 9.65. The van der Waals surface area contributed by atoms with Crippen LogP contribution >= 0.6 is 0 Å². The molecule has 1 amide bonds. The molecule has 138 valence electrons. The Labute approximate surface area is 155 Å². The molecule has 1 aromatic heterocycles. The van der Waals surface area contributed by atoms with Gasteiger partial charge in [-0.05, 0) is 69.2 Å². The molecule has 2 aliphatic carbocycles. The molecule has 0 saturated heterocycles. The number of benzene rings is 1. The molecule has 4 rings (SSSR count). The molecule has 0 radical (unpaired) electrons. The van der Waals surface area contributed by atoms with Crippen LogP contribution in [-0.2, 0) is 15.6 Å². The lowest BCUT2D eigenvalue weighted by Crippen LogP contribution is -2.52. The highest BCUT2D eigenvalue weighted by Gasteiger charge is 2.73. The zero-order valence-electron chi connectivity index (χ0n) is 16.9. The Kier molecular flexibility index (Phi) is 3.39. The molecule has 4 nitrogen and oxygen atoms in total. The van der Waals surface area contributed by atoms with Gasteiger partial charge in [0.15, 0.2) is 0 Å². The quantitative estimate of drug-likeness (QED) is 0.886. The van der Waals surface area contributed by atoms with Gasteiger partial charge in [0.25, 0.3) is 0 Å². The fourth-order valence-corrected chi connectivity index (χ4v) is 5.25. The van der Waals surface area contributed by atoms with Crippen molar-refractivity contribution < 1.29 is 4.79 Å². The second-order valence-corrected chi connectivity index (χ2v) is 9.34. The minimum absolute atomic E-state index is 0.109. The molecule has 0 spiro atoms. The Morgan fingerprint density at radius 2 is 1.54 bits per heavy atom. The lowest BCUT2D eigenvalue weighted by molar-refractivity contribution is -0.131. The van der Waals surface area contributed by atoms with Crippen LogP contribution in [0.3, 0.4) is 0 Å². The molecule has 1 N–H and O–H groups in total. The van der Waals surface area contributed by atoms with Crippen molar-refractivity contribution >= 4 is 16.9 Å². The van der Waals surface area contributed by atoms with Gasteiger partial charge in [-0.15, -0.1) is 0 Å². The van der Waals surface area contributed by atoms with E-state index in [1.807, 2.05) is 13.8 Å². The molecule has 0 unspecified atom stereocenters. The van der Waals surface area contributed by atoms with E-state index in [0.29, 0.717) is 0 Å². The zero-order valence-corrected chi connectivity index (χ0v) is 16.9. The summed E-state index contributed by atoms with van der Waals surface area (Å²) >= 11 is 0. The predicted octanol–water partition coefficient (Wildman–Crippen LogP) is 4.10. The maximum Gasteiger partial charge on any atom is 0.233 e. The van der Waals surface area contributed by atoms with Crippen molar-refractivity contribution in [2.45, 2.75) is 78.2 Å². The Bertz CT molecular complexity index is 946. The first-order valence-corrected chi connectivity index (χ1v) is 9.65. The second-order valence-electron chi connectivity index (χ2n) is 9.34. The third-order valence-corrected chi connectivity index (χ3v) is 7.46. The predicted molar refractivity (Wildman–Crippen MR) is 104 cm³/mol. The fourth-order valence-electron chi connectivity index (χ4n) is 5.25. The van der Waals surface area contributed by atoms with Crippen molar-refractivity contribution in [3.8, 4) is 0 Å². The van der Waals surface area contributed by atoms with Gasteiger partial charge >= 0.3 is 0 Å². The van der Waals surface area contributed by atoms with Gasteiger partial charge in [-0.3, -0.25) is 4.79 Å². The van der Waals surface area contributed by atoms with Crippen molar-refractivity contribution in [1.82, 2.24) is 15.3 Å². The highest BCUT2D eigenvalue weighted by Crippen LogP contribution is 2.70. The highest BCUT2D eigenvalue weighted by atomic mass is 16.2. The summed E-state index contributed by atoms with van der Waals surface area (Å²) < 4.78 is 0. The summed E-state index contributed by atoms with van der Waals surface area (Å²) in [6.07, 6.45) is 1.82. The van der Waals surface area contributed by atoms with Crippen LogP contribution in [0.2, 0.25) is 0 Å². The van der Waals surface area contributed by atoms with Gasteiger partial charge in [-0.1, -0.05) is 20.8 Å². The highest BCUT2D eigenvalue weighted by molar-refractivity contribution is 5.93. The summed E-state index contributed by atoms with van der Waals surface area (Å²) in [5, 5.41) is 3.18. The van der Waals surface area contributed by atoms with Crippen LogP contribution in [0.15, 0.2) is 12.1 Å². The molecule has 1 saturated carbocycles. The first-order chi connectivity index (χ1) is 12.0. The smallest absolute Gasteiger partial charge is 0.233 e. The number of carbonyl (C=O) groups excluding carboxylic acids is 1. The standard InChI is InChI=1S/C22H29N3O/c1-12(2)23-19(26)22-9-8-21(7,20(22,5)6)17-18(22)25-16-11-14(4)13(3)10-15(16)24-17/h10-12H,8-9H2,1-7H3,(H,23,26)/t21-,22-/m1/s1. The molecule has 2 aliphatic rings. The number of nitrogens with zero attached hydrogens (tertiary/aromatic N) is 2. The van der Waals surface area contributed by atoms with E-state index in [1.54, 1.807) is 0 Å². The number of nitrogens with one attached hydrogen (secondary N) is 1. The van der Waals surface area contributed by atoms with Crippen LogP contribution in [-0.4, -0.2) is 21.9 Å². The van der Waals surface area contributed by atoms with Crippen molar-refractivity contribution in [2.24, 2.45) is 5.41 Å². The van der Waals surface area contributed by atoms with Crippen LogP contribution in [0, 0.1) is 19.3 Å². The summed E-state index contributed by atoms with van der Waals surface area (Å²) in [5.74, 6) is 0.109. The van der Waals surface area contributed by atoms with Crippen LogP contribution in [0.4, 0.5) is 0 Å². The van der Waals surface area contributed by atoms with E-state index >= 15 is 0 Å². The van der Waals surface area contributed by atoms with E-state index in [1.165, 1.54) is 11.1 Å². The molecular weight excluding hydrogens is 322 g/mol. The Balaban J connectivity index is 2.03. The largest absolute Gasteiger partial charge is 0.353 e. The van der Waals surface area contributed by atoms with Gasteiger partial charge in [0, 0.05) is 11.5 Å². The van der Waals surface area contributed by atoms with Crippen molar-refractivity contribution in [2.75, 3.05) is 0 Å². The maximum atomic E-state index is 13.4. The van der Waals surface area contributed by atoms with E-state index in [-0.39, 0.29) is 22.8 Å².